The van der Waals surface area contributed by atoms with Gasteiger partial charge in [-0.2, -0.15) is 0 Å². The second-order valence-corrected chi connectivity index (χ2v) is 5.60. The first kappa shape index (κ1) is 15.9. The standard InChI is InChI=1S/C12H24N2O3/c1-12(2,3)7-9(8-13)11(17)14(4)6-5-10(15)16/h9H,5-8,13H2,1-4H3,(H,15,16). The largest absolute Gasteiger partial charge is 0.481 e. The summed E-state index contributed by atoms with van der Waals surface area (Å²) in [5, 5.41) is 8.56. The third-order valence-electron chi connectivity index (χ3n) is 2.53. The maximum absolute atomic E-state index is 12.0. The Morgan fingerprint density at radius 1 is 1.35 bits per heavy atom. The fourth-order valence-electron chi connectivity index (χ4n) is 1.70. The minimum absolute atomic E-state index is 0.0327. The van der Waals surface area contributed by atoms with Gasteiger partial charge in [-0.15, -0.1) is 0 Å². The minimum atomic E-state index is -0.898. The predicted octanol–water partition coefficient (Wildman–Crippen LogP) is 0.931. The maximum atomic E-state index is 12.0. The molecule has 1 unspecified atom stereocenters. The lowest BCUT2D eigenvalue weighted by Gasteiger charge is -2.27. The molecule has 0 fully saturated rings. The molecule has 0 aromatic heterocycles. The number of hydrogen-bond donors (Lipinski definition) is 2. The first-order valence-corrected chi connectivity index (χ1v) is 5.84. The smallest absolute Gasteiger partial charge is 0.305 e. The monoisotopic (exact) mass is 244 g/mol. The molecule has 17 heavy (non-hydrogen) atoms. The molecule has 0 radical (unpaired) electrons. The number of carboxylic acids is 1. The van der Waals surface area contributed by atoms with Gasteiger partial charge in [0.25, 0.3) is 0 Å². The van der Waals surface area contributed by atoms with Crippen LogP contribution in [-0.2, 0) is 9.59 Å². The zero-order chi connectivity index (χ0) is 13.6. The number of carboxylic acid groups (broad SMARTS) is 1. The van der Waals surface area contributed by atoms with E-state index >= 15 is 0 Å². The molecule has 3 N–H and O–H groups in total. The lowest BCUT2D eigenvalue weighted by atomic mass is 9.84. The number of hydrogen-bond acceptors (Lipinski definition) is 3. The van der Waals surface area contributed by atoms with Gasteiger partial charge in [0.2, 0.25) is 5.91 Å². The third kappa shape index (κ3) is 6.94. The molecule has 0 aliphatic heterocycles. The highest BCUT2D eigenvalue weighted by Crippen LogP contribution is 2.24. The molecule has 0 aliphatic rings. The molecule has 0 bridgehead atoms. The molecule has 5 heteroatoms. The predicted molar refractivity (Wildman–Crippen MR) is 66.5 cm³/mol. The number of carbonyl (C=O) groups excluding carboxylic acids is 1. The van der Waals surface area contributed by atoms with E-state index in [1.807, 2.05) is 0 Å². The molecule has 100 valence electrons. The zero-order valence-electron chi connectivity index (χ0n) is 11.2. The topological polar surface area (TPSA) is 83.6 Å². The van der Waals surface area contributed by atoms with Crippen LogP contribution < -0.4 is 5.73 Å². The molecule has 0 aromatic carbocycles. The van der Waals surface area contributed by atoms with Crippen LogP contribution >= 0.6 is 0 Å². The van der Waals surface area contributed by atoms with Crippen molar-refractivity contribution in [1.82, 2.24) is 4.90 Å². The number of nitrogens with two attached hydrogens (primary N) is 1. The Hall–Kier alpha value is -1.10. The van der Waals surface area contributed by atoms with Gasteiger partial charge < -0.3 is 15.7 Å². The summed E-state index contributed by atoms with van der Waals surface area (Å²) >= 11 is 0. The van der Waals surface area contributed by atoms with Crippen LogP contribution in [0.1, 0.15) is 33.6 Å². The van der Waals surface area contributed by atoms with Crippen molar-refractivity contribution in [2.24, 2.45) is 17.1 Å². The fraction of sp³-hybridized carbons (Fsp3) is 0.833. The first-order chi connectivity index (χ1) is 7.67. The SMILES string of the molecule is CN(CCC(=O)O)C(=O)C(CN)CC(C)(C)C. The van der Waals surface area contributed by atoms with Crippen LogP contribution in [0.4, 0.5) is 0 Å². The molecular formula is C12H24N2O3. The van der Waals surface area contributed by atoms with Crippen LogP contribution in [0, 0.1) is 11.3 Å². The highest BCUT2D eigenvalue weighted by Gasteiger charge is 2.26. The highest BCUT2D eigenvalue weighted by molar-refractivity contribution is 5.79. The van der Waals surface area contributed by atoms with Crippen molar-refractivity contribution in [1.29, 1.82) is 0 Å². The lowest BCUT2D eigenvalue weighted by Crippen LogP contribution is -2.39. The van der Waals surface area contributed by atoms with E-state index in [1.165, 1.54) is 4.90 Å². The van der Waals surface area contributed by atoms with Crippen molar-refractivity contribution in [2.75, 3.05) is 20.1 Å². The third-order valence-corrected chi connectivity index (χ3v) is 2.53. The molecule has 0 heterocycles. The van der Waals surface area contributed by atoms with Crippen LogP contribution in [0.2, 0.25) is 0 Å². The van der Waals surface area contributed by atoms with E-state index in [1.54, 1.807) is 7.05 Å². The van der Waals surface area contributed by atoms with Gasteiger partial charge >= 0.3 is 5.97 Å². The van der Waals surface area contributed by atoms with Gasteiger partial charge in [0.1, 0.15) is 0 Å². The zero-order valence-corrected chi connectivity index (χ0v) is 11.2. The van der Waals surface area contributed by atoms with Crippen LogP contribution in [0.3, 0.4) is 0 Å². The van der Waals surface area contributed by atoms with Gasteiger partial charge in [-0.05, 0) is 11.8 Å². The van der Waals surface area contributed by atoms with Crippen LogP contribution in [-0.4, -0.2) is 42.0 Å². The van der Waals surface area contributed by atoms with Gasteiger partial charge in [-0.1, -0.05) is 20.8 Å². The Balaban J connectivity index is 4.37. The van der Waals surface area contributed by atoms with E-state index in [2.05, 4.69) is 20.8 Å². The fourth-order valence-corrected chi connectivity index (χ4v) is 1.70. The highest BCUT2D eigenvalue weighted by atomic mass is 16.4. The maximum Gasteiger partial charge on any atom is 0.305 e. The Kier molecular flexibility index (Phi) is 6.16. The van der Waals surface area contributed by atoms with E-state index in [9.17, 15) is 9.59 Å². The van der Waals surface area contributed by atoms with E-state index in [0.717, 1.165) is 0 Å². The van der Waals surface area contributed by atoms with Gasteiger partial charge in [-0.3, -0.25) is 9.59 Å². The summed E-state index contributed by atoms with van der Waals surface area (Å²) in [6, 6.07) is 0. The first-order valence-electron chi connectivity index (χ1n) is 5.84. The summed E-state index contributed by atoms with van der Waals surface area (Å²) in [6.07, 6.45) is 0.675. The van der Waals surface area contributed by atoms with Gasteiger partial charge in [-0.25, -0.2) is 0 Å². The Morgan fingerprint density at radius 3 is 2.24 bits per heavy atom. The van der Waals surface area contributed by atoms with Crippen LogP contribution in [0.5, 0.6) is 0 Å². The summed E-state index contributed by atoms with van der Waals surface area (Å²) in [5.41, 5.74) is 5.65. The molecule has 0 saturated carbocycles. The number of aliphatic carboxylic acids is 1. The Morgan fingerprint density at radius 2 is 1.88 bits per heavy atom. The molecule has 0 aliphatic carbocycles. The molecule has 0 saturated heterocycles. The second kappa shape index (κ2) is 6.59. The van der Waals surface area contributed by atoms with Gasteiger partial charge in [0.15, 0.2) is 0 Å². The van der Waals surface area contributed by atoms with Crippen molar-refractivity contribution < 1.29 is 14.7 Å². The Bertz CT molecular complexity index is 271. The van der Waals surface area contributed by atoms with E-state index in [4.69, 9.17) is 10.8 Å². The number of rotatable bonds is 6. The number of carbonyl (C=O) groups is 2. The summed E-state index contributed by atoms with van der Waals surface area (Å²) in [6.45, 7) is 6.70. The summed E-state index contributed by atoms with van der Waals surface area (Å²) in [5.74, 6) is -1.19. The van der Waals surface area contributed by atoms with Crippen molar-refractivity contribution >= 4 is 11.9 Å². The summed E-state index contributed by atoms with van der Waals surface area (Å²) < 4.78 is 0. The van der Waals surface area contributed by atoms with Crippen molar-refractivity contribution in [3.8, 4) is 0 Å². The summed E-state index contributed by atoms with van der Waals surface area (Å²) in [7, 11) is 1.62. The molecule has 1 atom stereocenters. The average Bonchev–Trinajstić information content (AvgIpc) is 2.20. The van der Waals surface area contributed by atoms with Crippen molar-refractivity contribution in [2.45, 2.75) is 33.6 Å². The minimum Gasteiger partial charge on any atom is -0.481 e. The summed E-state index contributed by atoms with van der Waals surface area (Å²) in [4.78, 5) is 23.9. The van der Waals surface area contributed by atoms with Gasteiger partial charge in [0, 0.05) is 20.1 Å². The van der Waals surface area contributed by atoms with E-state index in [0.29, 0.717) is 13.0 Å². The quantitative estimate of drug-likeness (QED) is 0.728. The van der Waals surface area contributed by atoms with E-state index in [-0.39, 0.29) is 30.2 Å². The molecule has 0 spiro atoms. The molecule has 5 nitrogen and oxygen atoms in total. The average molecular weight is 244 g/mol. The van der Waals surface area contributed by atoms with Crippen molar-refractivity contribution in [3.63, 3.8) is 0 Å². The second-order valence-electron chi connectivity index (χ2n) is 5.60. The Labute approximate surface area is 103 Å². The molecule has 1 amide bonds. The number of amides is 1. The van der Waals surface area contributed by atoms with Crippen LogP contribution in [0.15, 0.2) is 0 Å². The van der Waals surface area contributed by atoms with Crippen molar-refractivity contribution in [3.05, 3.63) is 0 Å². The van der Waals surface area contributed by atoms with Gasteiger partial charge in [0.05, 0.1) is 12.3 Å². The number of nitrogens with zero attached hydrogens (tertiary/aromatic N) is 1. The lowest BCUT2D eigenvalue weighted by molar-refractivity contribution is -0.139. The van der Waals surface area contributed by atoms with E-state index < -0.39 is 5.97 Å². The molecular weight excluding hydrogens is 220 g/mol. The van der Waals surface area contributed by atoms with Crippen LogP contribution in [0.25, 0.3) is 0 Å². The molecule has 0 aromatic rings. The molecule has 0 rings (SSSR count). The normalized spacial score (nSPS) is 13.2.